The fraction of sp³-hybridized carbons (Fsp3) is 0.357. The molecule has 3 aromatic rings. The summed E-state index contributed by atoms with van der Waals surface area (Å²) in [6.45, 7) is 0.704. The van der Waals surface area contributed by atoms with Crippen molar-refractivity contribution < 1.29 is 23.7 Å². The van der Waals surface area contributed by atoms with E-state index in [-0.39, 0.29) is 0 Å². The molecule has 1 fully saturated rings. The van der Waals surface area contributed by atoms with Crippen molar-refractivity contribution >= 4 is 17.4 Å². The van der Waals surface area contributed by atoms with Crippen LogP contribution in [0.5, 0.6) is 28.7 Å². The van der Waals surface area contributed by atoms with Crippen LogP contribution in [0.2, 0.25) is 0 Å². The van der Waals surface area contributed by atoms with Gasteiger partial charge in [0.1, 0.15) is 0 Å². The number of hydrogen-bond donors (Lipinski definition) is 1. The molecule has 2 unspecified atom stereocenters. The zero-order valence-corrected chi connectivity index (χ0v) is 21.7. The quantitative estimate of drug-likeness (QED) is 0.338. The van der Waals surface area contributed by atoms with Crippen molar-refractivity contribution in [2.45, 2.75) is 29.9 Å². The maximum absolute atomic E-state index is 5.71. The summed E-state index contributed by atoms with van der Waals surface area (Å²) in [7, 11) is 8.29. The van der Waals surface area contributed by atoms with E-state index in [1.807, 2.05) is 30.0 Å². The number of anilines is 1. The predicted molar refractivity (Wildman–Crippen MR) is 142 cm³/mol. The Labute approximate surface area is 211 Å². The first-order chi connectivity index (χ1) is 17.1. The van der Waals surface area contributed by atoms with Gasteiger partial charge in [0.15, 0.2) is 23.0 Å². The minimum absolute atomic E-state index is 0.322. The molecule has 1 N–H and O–H groups in total. The van der Waals surface area contributed by atoms with Gasteiger partial charge in [-0.1, -0.05) is 30.3 Å². The van der Waals surface area contributed by atoms with Crippen molar-refractivity contribution in [3.63, 3.8) is 0 Å². The van der Waals surface area contributed by atoms with E-state index in [0.717, 1.165) is 30.0 Å². The largest absolute Gasteiger partial charge is 0.493 e. The second-order valence-corrected chi connectivity index (χ2v) is 9.70. The summed E-state index contributed by atoms with van der Waals surface area (Å²) < 4.78 is 28.0. The monoisotopic (exact) mass is 495 g/mol. The molecule has 6 nitrogen and oxygen atoms in total. The van der Waals surface area contributed by atoms with Crippen LogP contribution in [0.1, 0.15) is 40.0 Å². The van der Waals surface area contributed by atoms with Crippen LogP contribution >= 0.6 is 11.8 Å². The second kappa shape index (κ2) is 11.5. The molecule has 7 heteroatoms. The van der Waals surface area contributed by atoms with Crippen LogP contribution in [0.25, 0.3) is 0 Å². The Kier molecular flexibility index (Phi) is 8.18. The Balaban J connectivity index is 1.59. The van der Waals surface area contributed by atoms with Gasteiger partial charge in [-0.15, -0.1) is 11.8 Å². The molecular formula is C28H33NO5S. The first-order valence-electron chi connectivity index (χ1n) is 11.6. The number of nitrogens with one attached hydrogen (secondary N) is 1. The predicted octanol–water partition coefficient (Wildman–Crippen LogP) is 6.65. The number of rotatable bonds is 10. The Morgan fingerprint density at radius 3 is 1.71 bits per heavy atom. The highest BCUT2D eigenvalue weighted by Crippen LogP contribution is 2.55. The number of thioether (sulfide) groups is 1. The Morgan fingerprint density at radius 2 is 1.20 bits per heavy atom. The van der Waals surface area contributed by atoms with Gasteiger partial charge in [-0.3, -0.25) is 0 Å². The van der Waals surface area contributed by atoms with Crippen LogP contribution in [-0.4, -0.2) is 35.5 Å². The number of ether oxygens (including phenoxy) is 5. The van der Waals surface area contributed by atoms with E-state index in [0.29, 0.717) is 34.3 Å². The van der Waals surface area contributed by atoms with Crippen molar-refractivity contribution in [3.8, 4) is 28.7 Å². The third-order valence-corrected chi connectivity index (χ3v) is 7.95. The summed E-state index contributed by atoms with van der Waals surface area (Å²) in [5.74, 6) is 3.44. The van der Waals surface area contributed by atoms with Gasteiger partial charge >= 0.3 is 0 Å². The van der Waals surface area contributed by atoms with Gasteiger partial charge < -0.3 is 29.0 Å². The van der Waals surface area contributed by atoms with Gasteiger partial charge in [0.2, 0.25) is 5.75 Å². The fourth-order valence-electron chi connectivity index (χ4n) is 4.51. The lowest BCUT2D eigenvalue weighted by Gasteiger charge is -2.20. The van der Waals surface area contributed by atoms with Crippen molar-refractivity contribution in [1.82, 2.24) is 0 Å². The smallest absolute Gasteiger partial charge is 0.203 e. The molecule has 0 bridgehead atoms. The van der Waals surface area contributed by atoms with Crippen molar-refractivity contribution in [1.29, 1.82) is 0 Å². The van der Waals surface area contributed by atoms with Crippen LogP contribution in [-0.2, 0) is 6.54 Å². The minimum Gasteiger partial charge on any atom is -0.493 e. The number of hydrogen-bond acceptors (Lipinski definition) is 7. The number of methoxy groups -OCH3 is 5. The Hall–Kier alpha value is -3.19. The first-order valence-corrected chi connectivity index (χ1v) is 12.5. The van der Waals surface area contributed by atoms with E-state index >= 15 is 0 Å². The van der Waals surface area contributed by atoms with Crippen LogP contribution in [0.15, 0.2) is 54.6 Å². The normalized spacial score (nSPS) is 17.1. The van der Waals surface area contributed by atoms with E-state index in [1.165, 1.54) is 16.7 Å². The maximum atomic E-state index is 5.71. The molecule has 1 heterocycles. The summed E-state index contributed by atoms with van der Waals surface area (Å²) in [6, 6.07) is 18.7. The van der Waals surface area contributed by atoms with Gasteiger partial charge in [-0.25, -0.2) is 0 Å². The lowest BCUT2D eigenvalue weighted by atomic mass is 10.0. The standard InChI is InChI=1S/C28H33NO5S/c1-30-22-14-19(13-21(27(22)33-4)29-17-18-9-7-6-8-10-18)25-11-12-26(35-25)20-15-23(31-2)28(34-5)24(16-20)32-3/h6-10,13-16,25-26,29H,11-12,17H2,1-5H3. The third-order valence-electron chi connectivity index (χ3n) is 6.28. The lowest BCUT2D eigenvalue weighted by molar-refractivity contribution is 0.323. The highest BCUT2D eigenvalue weighted by atomic mass is 32.2. The van der Waals surface area contributed by atoms with Crippen molar-refractivity contribution in [3.05, 3.63) is 71.3 Å². The molecule has 0 spiro atoms. The molecule has 0 radical (unpaired) electrons. The van der Waals surface area contributed by atoms with Gasteiger partial charge in [0, 0.05) is 17.0 Å². The van der Waals surface area contributed by atoms with Crippen LogP contribution in [0, 0.1) is 0 Å². The zero-order chi connectivity index (χ0) is 24.8. The minimum atomic E-state index is 0.322. The van der Waals surface area contributed by atoms with Crippen molar-refractivity contribution in [2.24, 2.45) is 0 Å². The molecule has 0 aliphatic carbocycles. The van der Waals surface area contributed by atoms with Gasteiger partial charge in [0.05, 0.1) is 41.2 Å². The molecule has 0 aromatic heterocycles. The van der Waals surface area contributed by atoms with Gasteiger partial charge in [0.25, 0.3) is 0 Å². The molecule has 1 saturated heterocycles. The van der Waals surface area contributed by atoms with Crippen molar-refractivity contribution in [2.75, 3.05) is 40.9 Å². The molecule has 186 valence electrons. The molecule has 2 atom stereocenters. The summed E-state index contributed by atoms with van der Waals surface area (Å²) >= 11 is 1.95. The van der Waals surface area contributed by atoms with Gasteiger partial charge in [-0.05, 0) is 53.8 Å². The van der Waals surface area contributed by atoms with E-state index in [9.17, 15) is 0 Å². The lowest BCUT2D eigenvalue weighted by Crippen LogP contribution is -2.04. The molecule has 35 heavy (non-hydrogen) atoms. The van der Waals surface area contributed by atoms with Crippen LogP contribution in [0.3, 0.4) is 0 Å². The molecule has 1 aliphatic heterocycles. The number of benzene rings is 3. The third kappa shape index (κ3) is 5.40. The van der Waals surface area contributed by atoms with Crippen LogP contribution < -0.4 is 29.0 Å². The highest BCUT2D eigenvalue weighted by molar-refractivity contribution is 8.00. The second-order valence-electron chi connectivity index (χ2n) is 8.29. The average molecular weight is 496 g/mol. The highest BCUT2D eigenvalue weighted by Gasteiger charge is 2.30. The maximum Gasteiger partial charge on any atom is 0.203 e. The molecule has 0 saturated carbocycles. The molecule has 0 amide bonds. The van der Waals surface area contributed by atoms with Crippen LogP contribution in [0.4, 0.5) is 5.69 Å². The summed E-state index contributed by atoms with van der Waals surface area (Å²) in [5, 5.41) is 4.20. The average Bonchev–Trinajstić information content (AvgIpc) is 3.41. The topological polar surface area (TPSA) is 58.2 Å². The molecule has 3 aromatic carbocycles. The van der Waals surface area contributed by atoms with E-state index in [4.69, 9.17) is 23.7 Å². The Morgan fingerprint density at radius 1 is 0.686 bits per heavy atom. The SMILES string of the molecule is COc1cc(C2CCC(c3cc(OC)c(OC)c(OC)c3)S2)cc(NCc2ccccc2)c1OC. The molecular weight excluding hydrogens is 462 g/mol. The van der Waals surface area contributed by atoms with E-state index < -0.39 is 0 Å². The summed E-state index contributed by atoms with van der Waals surface area (Å²) in [5.41, 5.74) is 4.53. The first kappa shape index (κ1) is 24.9. The summed E-state index contributed by atoms with van der Waals surface area (Å²) in [4.78, 5) is 0. The zero-order valence-electron chi connectivity index (χ0n) is 20.9. The van der Waals surface area contributed by atoms with Gasteiger partial charge in [-0.2, -0.15) is 0 Å². The molecule has 1 aliphatic rings. The Bertz CT molecular complexity index is 1110. The fourth-order valence-corrected chi connectivity index (χ4v) is 6.04. The molecule has 4 rings (SSSR count). The summed E-state index contributed by atoms with van der Waals surface area (Å²) in [6.07, 6.45) is 2.11. The van der Waals surface area contributed by atoms with E-state index in [1.54, 1.807) is 35.5 Å². The van der Waals surface area contributed by atoms with E-state index in [2.05, 4.69) is 41.7 Å².